The minimum atomic E-state index is -2.00. The predicted molar refractivity (Wildman–Crippen MR) is 118 cm³/mol. The highest BCUT2D eigenvalue weighted by Gasteiger charge is 2.66. The van der Waals surface area contributed by atoms with Gasteiger partial charge in [-0.3, -0.25) is 38.8 Å². The van der Waals surface area contributed by atoms with E-state index in [4.69, 9.17) is 14.2 Å². The number of hydrogen-bond acceptors (Lipinski definition) is 9. The van der Waals surface area contributed by atoms with Gasteiger partial charge in [-0.15, -0.1) is 0 Å². The Bertz CT molecular complexity index is 1230. The van der Waals surface area contributed by atoms with Crippen LogP contribution < -0.4 is 14.2 Å². The number of imide groups is 4. The van der Waals surface area contributed by atoms with Crippen LogP contribution in [0.1, 0.15) is 11.1 Å². The largest absolute Gasteiger partial charge is 0.492 e. The van der Waals surface area contributed by atoms with Crippen molar-refractivity contribution in [2.75, 3.05) is 42.1 Å². The predicted octanol–water partition coefficient (Wildman–Crippen LogP) is -0.158. The summed E-state index contributed by atoms with van der Waals surface area (Å²) in [4.78, 5) is 82.6. The maximum absolute atomic E-state index is 13.8. The highest BCUT2D eigenvalue weighted by atomic mass is 16.7. The first-order chi connectivity index (χ1) is 17.0. The van der Waals surface area contributed by atoms with Crippen LogP contribution >= 0.6 is 0 Å². The van der Waals surface area contributed by atoms with Crippen LogP contribution in [-0.4, -0.2) is 97.4 Å². The highest BCUT2D eigenvalue weighted by molar-refractivity contribution is 6.21. The molecule has 36 heavy (non-hydrogen) atoms. The van der Waals surface area contributed by atoms with Crippen molar-refractivity contribution in [3.8, 4) is 17.2 Å². The number of benzene rings is 1. The zero-order valence-electron chi connectivity index (χ0n) is 20.3. The molecule has 0 N–H and O–H groups in total. The fourth-order valence-electron chi connectivity index (χ4n) is 5.75. The van der Waals surface area contributed by atoms with Crippen molar-refractivity contribution in [2.45, 2.75) is 12.8 Å². The van der Waals surface area contributed by atoms with Gasteiger partial charge in [-0.2, -0.15) is 0 Å². The Labute approximate surface area is 205 Å². The smallest absolute Gasteiger partial charge is 0.332 e. The van der Waals surface area contributed by atoms with E-state index in [1.807, 2.05) is 0 Å². The molecule has 1 aromatic rings. The van der Waals surface area contributed by atoms with Crippen LogP contribution in [0.25, 0.3) is 0 Å². The van der Waals surface area contributed by atoms with E-state index < -0.39 is 52.9 Å². The summed E-state index contributed by atoms with van der Waals surface area (Å²) in [6, 6.07) is 0.0260. The van der Waals surface area contributed by atoms with E-state index in [0.717, 1.165) is 19.6 Å². The Kier molecular flexibility index (Phi) is 5.02. The van der Waals surface area contributed by atoms with Gasteiger partial charge >= 0.3 is 12.1 Å². The van der Waals surface area contributed by atoms with Crippen molar-refractivity contribution < 1.29 is 43.0 Å². The number of carbonyl (C=O) groups is 6. The first-order valence-electron chi connectivity index (χ1n) is 11.1. The molecule has 3 aliphatic heterocycles. The molecule has 5 rings (SSSR count). The average Bonchev–Trinajstić information content (AvgIpc) is 3.34. The van der Waals surface area contributed by atoms with Crippen LogP contribution in [0.2, 0.25) is 0 Å². The van der Waals surface area contributed by atoms with Gasteiger partial charge in [0.05, 0.1) is 7.11 Å². The fourth-order valence-corrected chi connectivity index (χ4v) is 5.75. The summed E-state index contributed by atoms with van der Waals surface area (Å²) in [5.74, 6) is -5.09. The number of amides is 8. The van der Waals surface area contributed by atoms with E-state index in [-0.39, 0.29) is 25.4 Å². The number of barbiturate groups is 2. The Balaban J connectivity index is 1.76. The van der Waals surface area contributed by atoms with Crippen molar-refractivity contribution in [3.05, 3.63) is 17.2 Å². The number of nitrogens with zero attached hydrogens (tertiary/aromatic N) is 4. The molecule has 3 heterocycles. The number of rotatable bonds is 2. The third kappa shape index (κ3) is 2.76. The SMILES string of the molecule is COc1c2c(cc3c1OCO3)CC(C1C(=O)N(C)C(=O)N(C)C1=O)C1(C2)C(=O)N(C)C(=O)N(C)C1=O. The van der Waals surface area contributed by atoms with Gasteiger partial charge in [0.15, 0.2) is 11.5 Å². The van der Waals surface area contributed by atoms with Crippen LogP contribution in [-0.2, 0) is 32.0 Å². The summed E-state index contributed by atoms with van der Waals surface area (Å²) in [7, 11) is 6.36. The molecule has 0 aromatic heterocycles. The third-order valence-electron chi connectivity index (χ3n) is 7.66. The summed E-state index contributed by atoms with van der Waals surface area (Å²) in [5.41, 5.74) is -0.926. The van der Waals surface area contributed by atoms with Gasteiger partial charge < -0.3 is 14.2 Å². The van der Waals surface area contributed by atoms with Gasteiger partial charge in [-0.1, -0.05) is 0 Å². The van der Waals surface area contributed by atoms with Crippen LogP contribution in [0.15, 0.2) is 6.07 Å². The summed E-state index contributed by atoms with van der Waals surface area (Å²) >= 11 is 0. The molecule has 13 heteroatoms. The lowest BCUT2D eigenvalue weighted by Gasteiger charge is -2.51. The lowest BCUT2D eigenvalue weighted by atomic mass is 9.57. The summed E-state index contributed by atoms with van der Waals surface area (Å²) in [6.45, 7) is -0.0572. The molecular formula is C23H24N4O9. The normalized spacial score (nSPS) is 23.8. The van der Waals surface area contributed by atoms with Crippen molar-refractivity contribution >= 4 is 35.7 Å². The number of methoxy groups -OCH3 is 1. The molecule has 0 saturated carbocycles. The van der Waals surface area contributed by atoms with Crippen LogP contribution in [0, 0.1) is 17.3 Å². The number of hydrogen-bond donors (Lipinski definition) is 0. The molecule has 0 radical (unpaired) electrons. The van der Waals surface area contributed by atoms with E-state index in [0.29, 0.717) is 22.6 Å². The summed E-state index contributed by atoms with van der Waals surface area (Å²) < 4.78 is 16.6. The van der Waals surface area contributed by atoms with Crippen LogP contribution in [0.5, 0.6) is 17.2 Å². The van der Waals surface area contributed by atoms with Gasteiger partial charge in [0.2, 0.25) is 36.2 Å². The zero-order chi connectivity index (χ0) is 26.3. The van der Waals surface area contributed by atoms with E-state index in [1.54, 1.807) is 6.07 Å². The molecule has 4 aliphatic rings. The second kappa shape index (κ2) is 7.67. The Hall–Kier alpha value is -4.16. The Morgan fingerprint density at radius 3 is 1.97 bits per heavy atom. The lowest BCUT2D eigenvalue weighted by Crippen LogP contribution is -2.70. The molecule has 2 fully saturated rings. The summed E-state index contributed by atoms with van der Waals surface area (Å²) in [6.07, 6.45) is -0.335. The first kappa shape index (κ1) is 23.6. The van der Waals surface area contributed by atoms with Crippen LogP contribution in [0.3, 0.4) is 0 Å². The molecular weight excluding hydrogens is 476 g/mol. The monoisotopic (exact) mass is 500 g/mol. The van der Waals surface area contributed by atoms with E-state index >= 15 is 0 Å². The van der Waals surface area contributed by atoms with Gasteiger partial charge in [-0.05, 0) is 18.1 Å². The molecule has 1 atom stereocenters. The van der Waals surface area contributed by atoms with E-state index in [9.17, 15) is 28.8 Å². The van der Waals surface area contributed by atoms with Crippen molar-refractivity contribution in [1.29, 1.82) is 0 Å². The highest BCUT2D eigenvalue weighted by Crippen LogP contribution is 2.55. The lowest BCUT2D eigenvalue weighted by molar-refractivity contribution is -0.168. The second-order valence-corrected chi connectivity index (χ2v) is 9.31. The number of carbonyl (C=O) groups excluding carboxylic acids is 6. The number of ether oxygens (including phenoxy) is 3. The van der Waals surface area contributed by atoms with Crippen molar-refractivity contribution in [1.82, 2.24) is 19.6 Å². The van der Waals surface area contributed by atoms with Gasteiger partial charge in [0.1, 0.15) is 11.3 Å². The van der Waals surface area contributed by atoms with Gasteiger partial charge in [-0.25, -0.2) is 9.59 Å². The molecule has 1 aliphatic carbocycles. The average molecular weight is 500 g/mol. The molecule has 0 bridgehead atoms. The fraction of sp³-hybridized carbons (Fsp3) is 0.478. The minimum absolute atomic E-state index is 0.0572. The topological polar surface area (TPSA) is 143 Å². The minimum Gasteiger partial charge on any atom is -0.492 e. The molecule has 13 nitrogen and oxygen atoms in total. The molecule has 1 aromatic carbocycles. The van der Waals surface area contributed by atoms with Gasteiger partial charge in [0.25, 0.3) is 0 Å². The van der Waals surface area contributed by atoms with E-state index in [2.05, 4.69) is 0 Å². The van der Waals surface area contributed by atoms with E-state index in [1.165, 1.54) is 35.3 Å². The second-order valence-electron chi connectivity index (χ2n) is 9.31. The van der Waals surface area contributed by atoms with Gasteiger partial charge in [0, 0.05) is 46.1 Å². The third-order valence-corrected chi connectivity index (χ3v) is 7.66. The number of fused-ring (bicyclic) bond motifs is 2. The molecule has 8 amide bonds. The standard InChI is InChI=1S/C23H24N4O9/c1-24-17(28)14(18(29)25(2)21(24)32)12-6-10-7-13-16(36-9-35-13)15(34-5)11(10)8-23(12)19(30)26(3)22(33)27(4)20(23)31/h7,12,14H,6,8-9H2,1-5H3. The molecule has 1 spiro atoms. The number of urea groups is 2. The van der Waals surface area contributed by atoms with Crippen LogP contribution in [0.4, 0.5) is 9.59 Å². The Morgan fingerprint density at radius 2 is 1.42 bits per heavy atom. The molecule has 190 valence electrons. The molecule has 1 unspecified atom stereocenters. The van der Waals surface area contributed by atoms with Crippen molar-refractivity contribution in [3.63, 3.8) is 0 Å². The Morgan fingerprint density at radius 1 is 0.861 bits per heavy atom. The maximum Gasteiger partial charge on any atom is 0.332 e. The molecule has 2 saturated heterocycles. The summed E-state index contributed by atoms with van der Waals surface area (Å²) in [5, 5.41) is 0. The first-order valence-corrected chi connectivity index (χ1v) is 11.1. The quantitative estimate of drug-likeness (QED) is 0.506. The zero-order valence-corrected chi connectivity index (χ0v) is 20.3. The maximum atomic E-state index is 13.8. The van der Waals surface area contributed by atoms with Crippen molar-refractivity contribution in [2.24, 2.45) is 17.3 Å².